The van der Waals surface area contributed by atoms with E-state index in [0.717, 1.165) is 45.3 Å². The number of halogens is 3. The number of aromatic nitrogens is 3. The third-order valence-corrected chi connectivity index (χ3v) is 9.87. The average molecular weight is 593 g/mol. The number of aromatic hydroxyl groups is 1. The zero-order chi connectivity index (χ0) is 28.6. The van der Waals surface area contributed by atoms with Gasteiger partial charge in [0.1, 0.15) is 35.6 Å². The fourth-order valence-electron chi connectivity index (χ4n) is 7.69. The molecule has 4 aliphatic heterocycles. The minimum absolute atomic E-state index is 0.0205. The van der Waals surface area contributed by atoms with Crippen molar-refractivity contribution in [1.29, 1.82) is 0 Å². The molecule has 0 radical (unpaired) electrons. The van der Waals surface area contributed by atoms with Gasteiger partial charge in [-0.2, -0.15) is 9.97 Å². The molecule has 4 aliphatic rings. The van der Waals surface area contributed by atoms with Crippen LogP contribution in [0.3, 0.4) is 0 Å². The standard InChI is InChI=1S/C31H31ClF2N6O2/c32-24-4-1-3-17-9-21(41)10-22(25(17)24)27-26(34)28-23(12-35-27)29(39-14-19-5-6-20(15-39)36-19)38-30(37-28)42-16-31-7-2-8-40(31)13-18(33)11-31/h1,3-4,9-10,12,18-20,36,41H,2,5-8,11,13-16H2/t18?,19?,20?,31-/m0/s1. The summed E-state index contributed by atoms with van der Waals surface area (Å²) in [4.78, 5) is 18.3. The molecule has 0 amide bonds. The van der Waals surface area contributed by atoms with Gasteiger partial charge < -0.3 is 20.1 Å². The van der Waals surface area contributed by atoms with E-state index in [0.29, 0.717) is 57.6 Å². The number of alkyl halides is 1. The highest BCUT2D eigenvalue weighted by Crippen LogP contribution is 2.42. The lowest BCUT2D eigenvalue weighted by Gasteiger charge is -2.34. The van der Waals surface area contributed by atoms with E-state index in [2.05, 4.69) is 25.1 Å². The van der Waals surface area contributed by atoms with Gasteiger partial charge in [0.25, 0.3) is 0 Å². The van der Waals surface area contributed by atoms with Crippen LogP contribution in [-0.2, 0) is 0 Å². The summed E-state index contributed by atoms with van der Waals surface area (Å²) in [5, 5.41) is 16.3. The van der Waals surface area contributed by atoms with Crippen LogP contribution in [0.5, 0.6) is 11.8 Å². The Morgan fingerprint density at radius 2 is 1.98 bits per heavy atom. The van der Waals surface area contributed by atoms with Crippen molar-refractivity contribution in [2.75, 3.05) is 37.7 Å². The van der Waals surface area contributed by atoms with E-state index in [1.54, 1.807) is 24.4 Å². The Kier molecular flexibility index (Phi) is 6.17. The van der Waals surface area contributed by atoms with Crippen molar-refractivity contribution in [3.8, 4) is 23.0 Å². The minimum Gasteiger partial charge on any atom is -0.508 e. The van der Waals surface area contributed by atoms with Crippen LogP contribution in [0.15, 0.2) is 36.5 Å². The number of fused-ring (bicyclic) bond motifs is 5. The molecule has 2 N–H and O–H groups in total. The van der Waals surface area contributed by atoms with Crippen molar-refractivity contribution >= 4 is 39.1 Å². The van der Waals surface area contributed by atoms with E-state index in [1.807, 2.05) is 6.07 Å². The maximum Gasteiger partial charge on any atom is 0.319 e. The largest absolute Gasteiger partial charge is 0.508 e. The molecule has 2 aromatic carbocycles. The molecular formula is C31H31ClF2N6O2. The zero-order valence-electron chi connectivity index (χ0n) is 23.0. The summed E-state index contributed by atoms with van der Waals surface area (Å²) in [5.41, 5.74) is 0.109. The molecule has 42 heavy (non-hydrogen) atoms. The lowest BCUT2D eigenvalue weighted by atomic mass is 9.95. The maximum atomic E-state index is 16.6. The van der Waals surface area contributed by atoms with Crippen LogP contribution in [0.25, 0.3) is 32.9 Å². The predicted molar refractivity (Wildman–Crippen MR) is 158 cm³/mol. The van der Waals surface area contributed by atoms with Crippen molar-refractivity contribution in [3.05, 3.63) is 47.4 Å². The monoisotopic (exact) mass is 592 g/mol. The first-order valence-electron chi connectivity index (χ1n) is 14.7. The highest BCUT2D eigenvalue weighted by molar-refractivity contribution is 6.36. The molecule has 3 unspecified atom stereocenters. The molecule has 218 valence electrons. The number of rotatable bonds is 5. The number of nitrogens with zero attached hydrogens (tertiary/aromatic N) is 5. The third kappa shape index (κ3) is 4.26. The van der Waals surface area contributed by atoms with E-state index in [-0.39, 0.29) is 35.1 Å². The first kappa shape index (κ1) is 26.3. The molecule has 0 saturated carbocycles. The summed E-state index contributed by atoms with van der Waals surface area (Å²) in [5.74, 6) is -0.0788. The number of hydrogen-bond donors (Lipinski definition) is 2. The summed E-state index contributed by atoms with van der Waals surface area (Å²) in [6, 6.07) is 9.12. The number of phenolic OH excluding ortho intramolecular Hbond substituents is 1. The summed E-state index contributed by atoms with van der Waals surface area (Å²) in [6.07, 6.45) is 5.15. The minimum atomic E-state index is -0.881. The second-order valence-corrected chi connectivity index (χ2v) is 12.7. The maximum absolute atomic E-state index is 16.6. The van der Waals surface area contributed by atoms with E-state index >= 15 is 4.39 Å². The van der Waals surface area contributed by atoms with Gasteiger partial charge in [-0.05, 0) is 55.8 Å². The van der Waals surface area contributed by atoms with Gasteiger partial charge in [-0.15, -0.1) is 0 Å². The van der Waals surface area contributed by atoms with Gasteiger partial charge in [-0.3, -0.25) is 9.88 Å². The van der Waals surface area contributed by atoms with Crippen LogP contribution in [-0.4, -0.2) is 81.5 Å². The fraction of sp³-hybridized carbons (Fsp3) is 0.452. The molecule has 4 atom stereocenters. The van der Waals surface area contributed by atoms with Gasteiger partial charge in [-0.25, -0.2) is 8.78 Å². The molecular weight excluding hydrogens is 562 g/mol. The highest BCUT2D eigenvalue weighted by atomic mass is 35.5. The third-order valence-electron chi connectivity index (χ3n) is 9.56. The molecule has 0 aliphatic carbocycles. The van der Waals surface area contributed by atoms with Gasteiger partial charge >= 0.3 is 6.01 Å². The average Bonchev–Trinajstić information content (AvgIpc) is 3.61. The van der Waals surface area contributed by atoms with Gasteiger partial charge in [0.2, 0.25) is 0 Å². The quantitative estimate of drug-likeness (QED) is 0.325. The van der Waals surface area contributed by atoms with Crippen LogP contribution in [0.1, 0.15) is 32.1 Å². The molecule has 0 spiro atoms. The number of piperazine rings is 1. The molecule has 8 rings (SSSR count). The van der Waals surface area contributed by atoms with Gasteiger partial charge in [0.05, 0.1) is 10.9 Å². The lowest BCUT2D eigenvalue weighted by Crippen LogP contribution is -2.51. The highest BCUT2D eigenvalue weighted by Gasteiger charge is 2.49. The molecule has 2 aromatic heterocycles. The summed E-state index contributed by atoms with van der Waals surface area (Å²) < 4.78 is 37.3. The van der Waals surface area contributed by atoms with Crippen LogP contribution in [0.2, 0.25) is 5.02 Å². The molecule has 8 nitrogen and oxygen atoms in total. The SMILES string of the molecule is Oc1cc(-c2ncc3c(N4CC5CCC(C4)N5)nc(OC[C@@]45CCCN4CC(F)C5)nc3c2F)c2c(Cl)cccc2c1. The van der Waals surface area contributed by atoms with Gasteiger partial charge in [-0.1, -0.05) is 23.7 Å². The Bertz CT molecular complexity index is 1710. The Morgan fingerprint density at radius 1 is 1.14 bits per heavy atom. The number of benzene rings is 2. The van der Waals surface area contributed by atoms with E-state index < -0.39 is 12.0 Å². The van der Waals surface area contributed by atoms with Crippen LogP contribution >= 0.6 is 11.6 Å². The van der Waals surface area contributed by atoms with E-state index in [4.69, 9.17) is 21.3 Å². The lowest BCUT2D eigenvalue weighted by molar-refractivity contribution is 0.107. The molecule has 4 saturated heterocycles. The number of pyridine rings is 1. The second-order valence-electron chi connectivity index (χ2n) is 12.3. The van der Waals surface area contributed by atoms with Crippen molar-refractivity contribution in [3.63, 3.8) is 0 Å². The topological polar surface area (TPSA) is 86.6 Å². The first-order chi connectivity index (χ1) is 20.4. The molecule has 4 aromatic rings. The fourth-order valence-corrected chi connectivity index (χ4v) is 7.97. The second kappa shape index (κ2) is 9.86. The van der Waals surface area contributed by atoms with Gasteiger partial charge in [0.15, 0.2) is 5.82 Å². The van der Waals surface area contributed by atoms with Crippen molar-refractivity contribution in [2.24, 2.45) is 0 Å². The van der Waals surface area contributed by atoms with Crippen molar-refractivity contribution in [1.82, 2.24) is 25.2 Å². The molecule has 11 heteroatoms. The number of phenols is 1. The number of hydrogen-bond acceptors (Lipinski definition) is 8. The Balaban J connectivity index is 1.26. The Hall–Kier alpha value is -3.34. The normalized spacial score (nSPS) is 27.3. The van der Waals surface area contributed by atoms with E-state index in [9.17, 15) is 9.50 Å². The number of nitrogens with one attached hydrogen (secondary N) is 1. The Morgan fingerprint density at radius 3 is 2.81 bits per heavy atom. The van der Waals surface area contributed by atoms with E-state index in [1.165, 1.54) is 6.07 Å². The Labute approximate surface area is 246 Å². The summed E-state index contributed by atoms with van der Waals surface area (Å²) in [7, 11) is 0. The van der Waals surface area contributed by atoms with Crippen LogP contribution < -0.4 is 15.0 Å². The smallest absolute Gasteiger partial charge is 0.319 e. The van der Waals surface area contributed by atoms with Gasteiger partial charge in [0, 0.05) is 60.3 Å². The van der Waals surface area contributed by atoms with Crippen LogP contribution in [0, 0.1) is 5.82 Å². The molecule has 6 heterocycles. The summed E-state index contributed by atoms with van der Waals surface area (Å²) >= 11 is 6.56. The first-order valence-corrected chi connectivity index (χ1v) is 15.1. The number of ether oxygens (including phenoxy) is 1. The molecule has 2 bridgehead atoms. The van der Waals surface area contributed by atoms with Crippen LogP contribution in [0.4, 0.5) is 14.6 Å². The van der Waals surface area contributed by atoms with Crippen molar-refractivity contribution in [2.45, 2.75) is 55.9 Å². The zero-order valence-corrected chi connectivity index (χ0v) is 23.7. The molecule has 4 fully saturated rings. The predicted octanol–water partition coefficient (Wildman–Crippen LogP) is 5.24. The van der Waals surface area contributed by atoms with Crippen molar-refractivity contribution < 1.29 is 18.6 Å². The summed E-state index contributed by atoms with van der Waals surface area (Å²) in [6.45, 7) is 2.98. The number of anilines is 1.